The van der Waals surface area contributed by atoms with Crippen molar-refractivity contribution in [2.75, 3.05) is 13.1 Å². The molecule has 1 aromatic rings. The van der Waals surface area contributed by atoms with E-state index in [0.717, 1.165) is 38.6 Å². The van der Waals surface area contributed by atoms with Crippen LogP contribution >= 0.6 is 0 Å². The van der Waals surface area contributed by atoms with Gasteiger partial charge in [-0.3, -0.25) is 4.79 Å². The Labute approximate surface area is 105 Å². The van der Waals surface area contributed by atoms with Crippen LogP contribution in [0.1, 0.15) is 47.1 Å². The molecule has 1 aliphatic heterocycles. The quantitative estimate of drug-likeness (QED) is 0.890. The Kier molecular flexibility index (Phi) is 3.69. The van der Waals surface area contributed by atoms with Gasteiger partial charge in [-0.25, -0.2) is 4.79 Å². The van der Waals surface area contributed by atoms with Gasteiger partial charge >= 0.3 is 5.97 Å². The second-order valence-corrected chi connectivity index (χ2v) is 4.70. The first-order valence-electron chi connectivity index (χ1n) is 6.23. The Morgan fingerprint density at radius 1 is 1.56 bits per heavy atom. The van der Waals surface area contributed by atoms with Gasteiger partial charge in [0.05, 0.1) is 5.56 Å². The highest BCUT2D eigenvalue weighted by Crippen LogP contribution is 2.23. The van der Waals surface area contributed by atoms with Crippen LogP contribution in [-0.4, -0.2) is 35.0 Å². The van der Waals surface area contributed by atoms with Crippen LogP contribution in [-0.2, 0) is 0 Å². The minimum Gasteiger partial charge on any atom is -0.478 e. The van der Waals surface area contributed by atoms with Crippen molar-refractivity contribution in [3.8, 4) is 0 Å². The van der Waals surface area contributed by atoms with Gasteiger partial charge in [0.15, 0.2) is 5.76 Å². The van der Waals surface area contributed by atoms with Crippen molar-refractivity contribution < 1.29 is 19.1 Å². The maximum Gasteiger partial charge on any atom is 0.338 e. The molecule has 1 unspecified atom stereocenters. The topological polar surface area (TPSA) is 70.8 Å². The molecule has 1 aliphatic rings. The third-order valence-electron chi connectivity index (χ3n) is 3.33. The third kappa shape index (κ3) is 2.55. The van der Waals surface area contributed by atoms with Crippen molar-refractivity contribution in [1.29, 1.82) is 0 Å². The average Bonchev–Trinajstić information content (AvgIpc) is 2.97. The number of carbonyl (C=O) groups is 2. The molecule has 0 aromatic carbocycles. The number of carboxylic acids is 1. The number of likely N-dealkylation sites (tertiary alicyclic amines) is 1. The summed E-state index contributed by atoms with van der Waals surface area (Å²) in [6, 6.07) is 1.29. The third-order valence-corrected chi connectivity index (χ3v) is 3.33. The molecule has 5 nitrogen and oxygen atoms in total. The normalized spacial score (nSPS) is 19.2. The number of aromatic carboxylic acids is 1. The van der Waals surface area contributed by atoms with Gasteiger partial charge in [-0.15, -0.1) is 0 Å². The number of hydrogen-bond acceptors (Lipinski definition) is 3. The van der Waals surface area contributed by atoms with Crippen LogP contribution in [0.4, 0.5) is 0 Å². The number of rotatable bonds is 4. The fraction of sp³-hybridized carbons (Fsp3) is 0.538. The van der Waals surface area contributed by atoms with Crippen LogP contribution in [0, 0.1) is 5.92 Å². The Morgan fingerprint density at radius 3 is 2.94 bits per heavy atom. The van der Waals surface area contributed by atoms with Crippen molar-refractivity contribution in [2.45, 2.75) is 26.2 Å². The average molecular weight is 251 g/mol. The second-order valence-electron chi connectivity index (χ2n) is 4.70. The van der Waals surface area contributed by atoms with Crippen LogP contribution in [0.15, 0.2) is 16.7 Å². The Bertz CT molecular complexity index is 452. The minimum absolute atomic E-state index is 0.0163. The molecular formula is C13H17NO4. The molecule has 18 heavy (non-hydrogen) atoms. The molecule has 98 valence electrons. The molecule has 1 aromatic heterocycles. The van der Waals surface area contributed by atoms with Gasteiger partial charge < -0.3 is 14.4 Å². The lowest BCUT2D eigenvalue weighted by atomic mass is 10.0. The predicted octanol–water partition coefficient (Wildman–Crippen LogP) is 2.24. The molecule has 0 saturated carbocycles. The smallest absolute Gasteiger partial charge is 0.338 e. The lowest BCUT2D eigenvalue weighted by Crippen LogP contribution is -2.28. The lowest BCUT2D eigenvalue weighted by molar-refractivity contribution is 0.0695. The Hall–Kier alpha value is -1.78. The maximum absolute atomic E-state index is 12.1. The van der Waals surface area contributed by atoms with E-state index in [1.807, 2.05) is 0 Å². The van der Waals surface area contributed by atoms with Crippen LogP contribution < -0.4 is 0 Å². The first-order chi connectivity index (χ1) is 8.61. The number of furan rings is 1. The Balaban J connectivity index is 2.01. The number of carboxylic acid groups (broad SMARTS) is 1. The number of amides is 1. The number of carbonyl (C=O) groups excluding carboxylic acids is 1. The summed E-state index contributed by atoms with van der Waals surface area (Å²) in [6.07, 6.45) is 4.38. The molecule has 1 fully saturated rings. The van der Waals surface area contributed by atoms with E-state index < -0.39 is 5.97 Å². The van der Waals surface area contributed by atoms with Gasteiger partial charge in [0, 0.05) is 19.2 Å². The van der Waals surface area contributed by atoms with E-state index >= 15 is 0 Å². The highest BCUT2D eigenvalue weighted by atomic mass is 16.4. The van der Waals surface area contributed by atoms with E-state index in [0.29, 0.717) is 5.92 Å². The van der Waals surface area contributed by atoms with Crippen molar-refractivity contribution >= 4 is 11.9 Å². The SMILES string of the molecule is CCCC1CCN(C(=O)c2cc(C(=O)O)co2)C1. The molecule has 0 aliphatic carbocycles. The molecule has 1 saturated heterocycles. The van der Waals surface area contributed by atoms with Crippen molar-refractivity contribution in [3.05, 3.63) is 23.7 Å². The monoisotopic (exact) mass is 251 g/mol. The van der Waals surface area contributed by atoms with Gasteiger partial charge in [0.1, 0.15) is 6.26 Å². The second kappa shape index (κ2) is 5.25. The zero-order chi connectivity index (χ0) is 13.1. The zero-order valence-electron chi connectivity index (χ0n) is 10.4. The van der Waals surface area contributed by atoms with Gasteiger partial charge in [-0.05, 0) is 18.8 Å². The van der Waals surface area contributed by atoms with E-state index in [9.17, 15) is 9.59 Å². The van der Waals surface area contributed by atoms with Crippen LogP contribution in [0.5, 0.6) is 0 Å². The fourth-order valence-corrected chi connectivity index (χ4v) is 2.38. The van der Waals surface area contributed by atoms with Crippen molar-refractivity contribution in [3.63, 3.8) is 0 Å². The first kappa shape index (κ1) is 12.7. The molecule has 0 radical (unpaired) electrons. The molecule has 1 N–H and O–H groups in total. The minimum atomic E-state index is -1.08. The summed E-state index contributed by atoms with van der Waals surface area (Å²) >= 11 is 0. The molecule has 2 rings (SSSR count). The molecular weight excluding hydrogens is 234 g/mol. The predicted molar refractivity (Wildman–Crippen MR) is 64.6 cm³/mol. The largest absolute Gasteiger partial charge is 0.478 e. The zero-order valence-corrected chi connectivity index (χ0v) is 10.4. The van der Waals surface area contributed by atoms with Gasteiger partial charge in [-0.1, -0.05) is 13.3 Å². The lowest BCUT2D eigenvalue weighted by Gasteiger charge is -2.14. The van der Waals surface area contributed by atoms with Gasteiger partial charge in [0.2, 0.25) is 0 Å². The molecule has 5 heteroatoms. The first-order valence-corrected chi connectivity index (χ1v) is 6.23. The number of nitrogens with zero attached hydrogens (tertiary/aromatic N) is 1. The highest BCUT2D eigenvalue weighted by molar-refractivity contribution is 5.95. The maximum atomic E-state index is 12.1. The Morgan fingerprint density at radius 2 is 2.33 bits per heavy atom. The van der Waals surface area contributed by atoms with Crippen LogP contribution in [0.2, 0.25) is 0 Å². The van der Waals surface area contributed by atoms with Crippen LogP contribution in [0.3, 0.4) is 0 Å². The van der Waals surface area contributed by atoms with Gasteiger partial charge in [0.25, 0.3) is 5.91 Å². The molecule has 0 spiro atoms. The van der Waals surface area contributed by atoms with Crippen LogP contribution in [0.25, 0.3) is 0 Å². The standard InChI is InChI=1S/C13H17NO4/c1-2-3-9-4-5-14(7-9)12(15)11-6-10(8-18-11)13(16)17/h6,8-9H,2-5,7H2,1H3,(H,16,17). The summed E-state index contributed by atoms with van der Waals surface area (Å²) in [7, 11) is 0. The van der Waals surface area contributed by atoms with E-state index in [1.54, 1.807) is 4.90 Å². The summed E-state index contributed by atoms with van der Waals surface area (Å²) < 4.78 is 5.02. The summed E-state index contributed by atoms with van der Waals surface area (Å²) in [5.41, 5.74) is 0.0163. The number of hydrogen-bond donors (Lipinski definition) is 1. The summed E-state index contributed by atoms with van der Waals surface area (Å²) in [4.78, 5) is 24.5. The van der Waals surface area contributed by atoms with E-state index in [-0.39, 0.29) is 17.2 Å². The van der Waals surface area contributed by atoms with Gasteiger partial charge in [-0.2, -0.15) is 0 Å². The molecule has 2 heterocycles. The van der Waals surface area contributed by atoms with E-state index in [1.165, 1.54) is 6.07 Å². The summed E-state index contributed by atoms with van der Waals surface area (Å²) in [5, 5.41) is 8.77. The molecule has 0 bridgehead atoms. The molecule has 1 amide bonds. The summed E-state index contributed by atoms with van der Waals surface area (Å²) in [5.74, 6) is -0.610. The fourth-order valence-electron chi connectivity index (χ4n) is 2.38. The highest BCUT2D eigenvalue weighted by Gasteiger charge is 2.28. The molecule has 1 atom stereocenters. The van der Waals surface area contributed by atoms with E-state index in [2.05, 4.69) is 6.92 Å². The summed E-state index contributed by atoms with van der Waals surface area (Å²) in [6.45, 7) is 3.61. The van der Waals surface area contributed by atoms with Crippen molar-refractivity contribution in [1.82, 2.24) is 4.90 Å². The van der Waals surface area contributed by atoms with Crippen molar-refractivity contribution in [2.24, 2.45) is 5.92 Å². The van der Waals surface area contributed by atoms with E-state index in [4.69, 9.17) is 9.52 Å².